The Morgan fingerprint density at radius 1 is 1.03 bits per heavy atom. The summed E-state index contributed by atoms with van der Waals surface area (Å²) in [6.07, 6.45) is 4.32. The van der Waals surface area contributed by atoms with Gasteiger partial charge in [0, 0.05) is 24.3 Å². The number of nitrogen functional groups attached to an aromatic ring is 1. The maximum atomic E-state index is 10.1. The second-order valence-corrected chi connectivity index (χ2v) is 8.17. The number of hydrogen-bond donors (Lipinski definition) is 1. The lowest BCUT2D eigenvalue weighted by atomic mass is 10.1. The Balaban J connectivity index is 0.000000301. The number of aldehydes is 1. The maximum Gasteiger partial charge on any atom is 0.203 e. The number of para-hydroxylation sites is 1. The van der Waals surface area contributed by atoms with Crippen LogP contribution < -0.4 is 5.73 Å². The van der Waals surface area contributed by atoms with Gasteiger partial charge in [-0.15, -0.1) is 10.2 Å². The van der Waals surface area contributed by atoms with Crippen molar-refractivity contribution < 1.29 is 6.22 Å². The van der Waals surface area contributed by atoms with Crippen LogP contribution in [0.2, 0.25) is 0 Å². The first kappa shape index (κ1) is 23.5. The third-order valence-corrected chi connectivity index (χ3v) is 5.86. The lowest BCUT2D eigenvalue weighted by Crippen LogP contribution is -1.86. The molecule has 2 N–H and O–H groups in total. The summed E-state index contributed by atoms with van der Waals surface area (Å²) >= 11 is 2.95. The molecule has 30 heavy (non-hydrogen) atoms. The summed E-state index contributed by atoms with van der Waals surface area (Å²) in [5, 5.41) is 9.42. The molecule has 4 aromatic rings. The van der Waals surface area contributed by atoms with Crippen LogP contribution in [0.25, 0.3) is 10.9 Å². The first-order valence-electron chi connectivity index (χ1n) is 9.81. The number of hydrogen-bond acceptors (Lipinski definition) is 7. The quantitative estimate of drug-likeness (QED) is 0.379. The standard InChI is InChI=1S/C11H8N4S2.C10H12O.C2H6.H2/c12-10-14-15-11(17-10)16-9-5-6-13-8-4-2-1-3-7(8)9;1-2-9-3-5-10(6-4-9)7-8-11;1-2;/h1-6H,(H2,12,14);3-6,8H,2,7H2,1H3;1-2H3;1H. The van der Waals surface area contributed by atoms with Crippen LogP contribution in [0.1, 0.15) is 33.3 Å². The van der Waals surface area contributed by atoms with Crippen LogP contribution in [0.5, 0.6) is 0 Å². The summed E-state index contributed by atoms with van der Waals surface area (Å²) in [5.74, 6) is 0. The van der Waals surface area contributed by atoms with Gasteiger partial charge in [0.15, 0.2) is 4.34 Å². The monoisotopic (exact) mass is 440 g/mol. The average molecular weight is 441 g/mol. The number of pyridine rings is 1. The fraction of sp³-hybridized carbons (Fsp3) is 0.217. The maximum absolute atomic E-state index is 10.1. The summed E-state index contributed by atoms with van der Waals surface area (Å²) in [6.45, 7) is 6.12. The molecule has 0 spiro atoms. The van der Waals surface area contributed by atoms with Crippen molar-refractivity contribution in [1.82, 2.24) is 15.2 Å². The molecule has 0 saturated carbocycles. The van der Waals surface area contributed by atoms with Gasteiger partial charge < -0.3 is 10.5 Å². The van der Waals surface area contributed by atoms with E-state index >= 15 is 0 Å². The zero-order chi connectivity index (χ0) is 21.8. The van der Waals surface area contributed by atoms with E-state index in [1.165, 1.54) is 16.9 Å². The topological polar surface area (TPSA) is 81.8 Å². The summed E-state index contributed by atoms with van der Waals surface area (Å²) < 4.78 is 0.846. The highest BCUT2D eigenvalue weighted by Crippen LogP contribution is 2.34. The van der Waals surface area contributed by atoms with Crippen molar-refractivity contribution in [1.29, 1.82) is 0 Å². The van der Waals surface area contributed by atoms with E-state index < -0.39 is 0 Å². The van der Waals surface area contributed by atoms with Crippen molar-refractivity contribution >= 4 is 45.4 Å². The Hall–Kier alpha value is -2.77. The van der Waals surface area contributed by atoms with E-state index in [1.807, 2.05) is 50.2 Å². The van der Waals surface area contributed by atoms with Gasteiger partial charge in [0.05, 0.1) is 5.52 Å². The van der Waals surface area contributed by atoms with E-state index in [-0.39, 0.29) is 1.43 Å². The molecular weight excluding hydrogens is 412 g/mol. The van der Waals surface area contributed by atoms with Gasteiger partial charge in [-0.05, 0) is 29.7 Å². The molecule has 0 bridgehead atoms. The van der Waals surface area contributed by atoms with Crippen molar-refractivity contribution in [2.45, 2.75) is 42.8 Å². The van der Waals surface area contributed by atoms with Crippen LogP contribution in [0.15, 0.2) is 70.0 Å². The van der Waals surface area contributed by atoms with Crippen LogP contribution >= 0.6 is 23.1 Å². The third kappa shape index (κ3) is 6.93. The number of rotatable bonds is 5. The molecule has 2 heterocycles. The van der Waals surface area contributed by atoms with Crippen molar-refractivity contribution in [3.05, 3.63) is 71.9 Å². The number of anilines is 1. The van der Waals surface area contributed by atoms with E-state index in [2.05, 4.69) is 40.3 Å². The van der Waals surface area contributed by atoms with E-state index in [4.69, 9.17) is 5.73 Å². The molecule has 7 heteroatoms. The zero-order valence-corrected chi connectivity index (χ0v) is 19.0. The van der Waals surface area contributed by atoms with Crippen LogP contribution in [-0.2, 0) is 17.6 Å². The van der Waals surface area contributed by atoms with Gasteiger partial charge in [0.25, 0.3) is 0 Å². The van der Waals surface area contributed by atoms with Crippen molar-refractivity contribution in [2.75, 3.05) is 5.73 Å². The van der Waals surface area contributed by atoms with E-state index in [9.17, 15) is 4.79 Å². The van der Waals surface area contributed by atoms with Crippen LogP contribution in [-0.4, -0.2) is 21.5 Å². The van der Waals surface area contributed by atoms with E-state index in [0.717, 1.165) is 38.4 Å². The molecule has 0 amide bonds. The molecule has 0 fully saturated rings. The molecule has 0 aliphatic rings. The number of nitrogens with zero attached hydrogens (tertiary/aromatic N) is 3. The molecule has 0 aliphatic carbocycles. The third-order valence-electron chi connectivity index (χ3n) is 3.98. The highest BCUT2D eigenvalue weighted by atomic mass is 32.2. The Morgan fingerprint density at radius 2 is 1.73 bits per heavy atom. The number of fused-ring (bicyclic) bond motifs is 1. The number of carbonyl (C=O) groups is 1. The fourth-order valence-corrected chi connectivity index (χ4v) is 4.24. The number of nitrogens with two attached hydrogens (primary N) is 1. The lowest BCUT2D eigenvalue weighted by Gasteiger charge is -2.02. The molecule has 158 valence electrons. The minimum atomic E-state index is 0. The van der Waals surface area contributed by atoms with Crippen molar-refractivity contribution in [2.24, 2.45) is 0 Å². The lowest BCUT2D eigenvalue weighted by molar-refractivity contribution is -0.107. The summed E-state index contributed by atoms with van der Waals surface area (Å²) in [6, 6.07) is 18.2. The van der Waals surface area contributed by atoms with E-state index in [1.54, 1.807) is 18.0 Å². The highest BCUT2D eigenvalue weighted by molar-refractivity contribution is 8.01. The molecule has 0 saturated heterocycles. The molecule has 0 radical (unpaired) electrons. The van der Waals surface area contributed by atoms with Gasteiger partial charge >= 0.3 is 0 Å². The van der Waals surface area contributed by atoms with Gasteiger partial charge in [-0.2, -0.15) is 0 Å². The largest absolute Gasteiger partial charge is 0.374 e. The van der Waals surface area contributed by atoms with Gasteiger partial charge in [0.1, 0.15) is 6.29 Å². The molecule has 0 atom stereocenters. The summed E-state index contributed by atoms with van der Waals surface area (Å²) in [4.78, 5) is 15.6. The zero-order valence-electron chi connectivity index (χ0n) is 17.4. The molecule has 2 aromatic heterocycles. The Morgan fingerprint density at radius 3 is 2.37 bits per heavy atom. The van der Waals surface area contributed by atoms with Crippen LogP contribution in [0.3, 0.4) is 0 Å². The molecule has 2 aromatic carbocycles. The smallest absolute Gasteiger partial charge is 0.203 e. The van der Waals surface area contributed by atoms with Crippen LogP contribution in [0.4, 0.5) is 5.13 Å². The van der Waals surface area contributed by atoms with Gasteiger partial charge in [-0.25, -0.2) is 0 Å². The van der Waals surface area contributed by atoms with Crippen LogP contribution in [0, 0.1) is 0 Å². The predicted molar refractivity (Wildman–Crippen MR) is 129 cm³/mol. The van der Waals surface area contributed by atoms with Gasteiger partial charge in [-0.3, -0.25) is 4.98 Å². The predicted octanol–water partition coefficient (Wildman–Crippen LogP) is 6.08. The molecule has 0 unspecified atom stereocenters. The number of carbonyl (C=O) groups excluding carboxylic acids is 1. The van der Waals surface area contributed by atoms with E-state index in [0.29, 0.717) is 11.6 Å². The number of aryl methyl sites for hydroxylation is 1. The minimum Gasteiger partial charge on any atom is -0.374 e. The highest BCUT2D eigenvalue weighted by Gasteiger charge is 2.07. The number of benzene rings is 2. The second kappa shape index (κ2) is 12.7. The molecule has 5 nitrogen and oxygen atoms in total. The van der Waals surface area contributed by atoms with Crippen molar-refractivity contribution in [3.63, 3.8) is 0 Å². The normalized spacial score (nSPS) is 9.83. The summed E-state index contributed by atoms with van der Waals surface area (Å²) in [5.41, 5.74) is 8.96. The summed E-state index contributed by atoms with van der Waals surface area (Å²) in [7, 11) is 0. The van der Waals surface area contributed by atoms with Gasteiger partial charge in [-0.1, -0.05) is 86.3 Å². The Labute approximate surface area is 187 Å². The Kier molecular flexibility index (Phi) is 9.97. The fourth-order valence-electron chi connectivity index (χ4n) is 2.52. The average Bonchev–Trinajstić information content (AvgIpc) is 3.21. The minimum absolute atomic E-state index is 0. The molecular formula is C23H28N4OS2. The number of aromatic nitrogens is 3. The van der Waals surface area contributed by atoms with Crippen molar-refractivity contribution in [3.8, 4) is 0 Å². The second-order valence-electron chi connectivity index (χ2n) is 5.88. The first-order chi connectivity index (χ1) is 14.7. The Bertz CT molecular complexity index is 1050. The van der Waals surface area contributed by atoms with Gasteiger partial charge in [0.2, 0.25) is 5.13 Å². The molecule has 0 aliphatic heterocycles. The first-order valence-corrected chi connectivity index (χ1v) is 11.4. The SMILES string of the molecule is CC.CCc1ccc(CC=O)cc1.Nc1nnc(Sc2ccnc3ccccc23)s1.[HH]. The molecule has 4 rings (SSSR count).